The number of hydrogen-bond acceptors (Lipinski definition) is 2. The molecule has 2 aromatic rings. The molecule has 1 aromatic carbocycles. The molecule has 0 saturated carbocycles. The second kappa shape index (κ2) is 4.58. The van der Waals surface area contributed by atoms with E-state index in [0.29, 0.717) is 6.42 Å². The lowest BCUT2D eigenvalue weighted by atomic mass is 9.90. The van der Waals surface area contributed by atoms with Gasteiger partial charge in [-0.15, -0.1) is 0 Å². The maximum Gasteiger partial charge on any atom is 0.0923 e. The number of hydrogen-bond donors (Lipinski definition) is 1. The third-order valence-corrected chi connectivity index (χ3v) is 3.30. The minimum Gasteiger partial charge on any atom is -0.385 e. The molecular formula is C15H20N2O. The molecule has 0 fully saturated rings. The fraction of sp³-hybridized carbons (Fsp3) is 0.400. The first-order valence-corrected chi connectivity index (χ1v) is 6.17. The van der Waals surface area contributed by atoms with Gasteiger partial charge < -0.3 is 5.11 Å². The van der Waals surface area contributed by atoms with Gasteiger partial charge in [0.15, 0.2) is 0 Å². The van der Waals surface area contributed by atoms with Gasteiger partial charge in [-0.3, -0.25) is 4.68 Å². The Labute approximate surface area is 108 Å². The minimum absolute atomic E-state index is 0.563. The van der Waals surface area contributed by atoms with Crippen molar-refractivity contribution in [3.8, 4) is 0 Å². The van der Waals surface area contributed by atoms with Crippen molar-refractivity contribution in [3.05, 3.63) is 52.8 Å². The number of aliphatic hydroxyl groups is 1. The van der Waals surface area contributed by atoms with E-state index in [9.17, 15) is 5.11 Å². The Morgan fingerprint density at radius 1 is 1.22 bits per heavy atom. The van der Waals surface area contributed by atoms with Crippen LogP contribution < -0.4 is 0 Å². The van der Waals surface area contributed by atoms with E-state index in [-0.39, 0.29) is 0 Å². The molecule has 3 heteroatoms. The lowest BCUT2D eigenvalue weighted by Crippen LogP contribution is -2.25. The molecule has 3 nitrogen and oxygen atoms in total. The van der Waals surface area contributed by atoms with Crippen LogP contribution in [0.25, 0.3) is 0 Å². The lowest BCUT2D eigenvalue weighted by molar-refractivity contribution is 0.0556. The zero-order chi connectivity index (χ0) is 13.3. The topological polar surface area (TPSA) is 38.1 Å². The summed E-state index contributed by atoms with van der Waals surface area (Å²) in [6, 6.07) is 10.0. The molecule has 0 amide bonds. The van der Waals surface area contributed by atoms with Crippen LogP contribution in [-0.4, -0.2) is 14.9 Å². The monoisotopic (exact) mass is 244 g/mol. The second-order valence-corrected chi connectivity index (χ2v) is 5.22. The molecule has 18 heavy (non-hydrogen) atoms. The van der Waals surface area contributed by atoms with Crippen molar-refractivity contribution in [2.75, 3.05) is 0 Å². The average Bonchev–Trinajstić information content (AvgIpc) is 2.57. The fourth-order valence-corrected chi connectivity index (χ4v) is 2.20. The molecule has 96 valence electrons. The van der Waals surface area contributed by atoms with Gasteiger partial charge in [0.2, 0.25) is 0 Å². The molecular weight excluding hydrogens is 224 g/mol. The summed E-state index contributed by atoms with van der Waals surface area (Å²) in [5.41, 5.74) is 3.29. The molecule has 0 aliphatic carbocycles. The van der Waals surface area contributed by atoms with Crippen LogP contribution in [0.2, 0.25) is 0 Å². The zero-order valence-electron chi connectivity index (χ0n) is 11.4. The molecule has 0 spiro atoms. The first-order valence-electron chi connectivity index (χ1n) is 6.17. The van der Waals surface area contributed by atoms with Gasteiger partial charge in [-0.2, -0.15) is 5.10 Å². The molecule has 0 bridgehead atoms. The first kappa shape index (κ1) is 12.8. The van der Waals surface area contributed by atoms with Gasteiger partial charge in [0.1, 0.15) is 0 Å². The Balaban J connectivity index is 2.26. The summed E-state index contributed by atoms with van der Waals surface area (Å²) >= 11 is 0. The van der Waals surface area contributed by atoms with E-state index in [2.05, 4.69) is 5.10 Å². The van der Waals surface area contributed by atoms with E-state index in [0.717, 1.165) is 17.0 Å². The van der Waals surface area contributed by atoms with E-state index in [4.69, 9.17) is 0 Å². The number of aryl methyl sites for hydroxylation is 3. The van der Waals surface area contributed by atoms with Crippen LogP contribution in [-0.2, 0) is 19.1 Å². The van der Waals surface area contributed by atoms with Crippen LogP contribution in [0.5, 0.6) is 0 Å². The molecule has 1 aromatic heterocycles. The van der Waals surface area contributed by atoms with Gasteiger partial charge in [0.25, 0.3) is 0 Å². The smallest absolute Gasteiger partial charge is 0.0923 e. The van der Waals surface area contributed by atoms with E-state index in [1.165, 1.54) is 5.56 Å². The first-order chi connectivity index (χ1) is 8.38. The summed E-state index contributed by atoms with van der Waals surface area (Å²) in [6.45, 7) is 5.85. The number of rotatable bonds is 3. The summed E-state index contributed by atoms with van der Waals surface area (Å²) in [7, 11) is 1.91. The molecule has 0 saturated heterocycles. The van der Waals surface area contributed by atoms with Crippen molar-refractivity contribution in [3.63, 3.8) is 0 Å². The van der Waals surface area contributed by atoms with Gasteiger partial charge in [0, 0.05) is 19.2 Å². The number of benzene rings is 1. The van der Waals surface area contributed by atoms with Crippen LogP contribution >= 0.6 is 0 Å². The van der Waals surface area contributed by atoms with Crippen molar-refractivity contribution in [2.45, 2.75) is 32.8 Å². The normalized spacial score (nSPS) is 14.5. The number of nitrogens with zero attached hydrogens (tertiary/aromatic N) is 2. The summed E-state index contributed by atoms with van der Waals surface area (Å²) in [6.07, 6.45) is 0.563. The third kappa shape index (κ3) is 2.62. The van der Waals surface area contributed by atoms with E-state index < -0.39 is 5.60 Å². The van der Waals surface area contributed by atoms with Gasteiger partial charge in [-0.05, 0) is 32.4 Å². The van der Waals surface area contributed by atoms with E-state index in [1.807, 2.05) is 62.8 Å². The largest absolute Gasteiger partial charge is 0.385 e. The maximum atomic E-state index is 10.6. The highest BCUT2D eigenvalue weighted by Crippen LogP contribution is 2.25. The van der Waals surface area contributed by atoms with Gasteiger partial charge >= 0.3 is 0 Å². The van der Waals surface area contributed by atoms with Crippen molar-refractivity contribution in [1.29, 1.82) is 0 Å². The molecule has 2 rings (SSSR count). The van der Waals surface area contributed by atoms with Crippen LogP contribution in [0.3, 0.4) is 0 Å². The average molecular weight is 244 g/mol. The molecule has 0 aliphatic heterocycles. The molecule has 1 heterocycles. The molecule has 0 aliphatic rings. The summed E-state index contributed by atoms with van der Waals surface area (Å²) in [5, 5.41) is 14.9. The highest BCUT2D eigenvalue weighted by atomic mass is 16.3. The SMILES string of the molecule is Cc1ccc(C(C)(O)Cc2cc(C)nn2C)cc1. The zero-order valence-corrected chi connectivity index (χ0v) is 11.4. The number of aromatic nitrogens is 2. The highest BCUT2D eigenvalue weighted by Gasteiger charge is 2.25. The van der Waals surface area contributed by atoms with Gasteiger partial charge in [-0.25, -0.2) is 0 Å². The Kier molecular flexibility index (Phi) is 3.26. The second-order valence-electron chi connectivity index (χ2n) is 5.22. The highest BCUT2D eigenvalue weighted by molar-refractivity contribution is 5.27. The van der Waals surface area contributed by atoms with E-state index in [1.54, 1.807) is 0 Å². The van der Waals surface area contributed by atoms with Gasteiger partial charge in [0.05, 0.1) is 11.3 Å². The lowest BCUT2D eigenvalue weighted by Gasteiger charge is -2.24. The van der Waals surface area contributed by atoms with Crippen molar-refractivity contribution in [1.82, 2.24) is 9.78 Å². The van der Waals surface area contributed by atoms with Crippen LogP contribution in [0.15, 0.2) is 30.3 Å². The fourth-order valence-electron chi connectivity index (χ4n) is 2.20. The van der Waals surface area contributed by atoms with Crippen molar-refractivity contribution >= 4 is 0 Å². The minimum atomic E-state index is -0.867. The molecule has 1 N–H and O–H groups in total. The standard InChI is InChI=1S/C15H20N2O/c1-11-5-7-13(8-6-11)15(3,18)10-14-9-12(2)16-17(14)4/h5-9,18H,10H2,1-4H3. The van der Waals surface area contributed by atoms with E-state index >= 15 is 0 Å². The summed E-state index contributed by atoms with van der Waals surface area (Å²) in [5.74, 6) is 0. The molecule has 1 atom stereocenters. The van der Waals surface area contributed by atoms with Crippen LogP contribution in [0.1, 0.15) is 29.4 Å². The molecule has 0 radical (unpaired) electrons. The quantitative estimate of drug-likeness (QED) is 0.900. The van der Waals surface area contributed by atoms with Crippen molar-refractivity contribution < 1.29 is 5.11 Å². The molecule has 1 unspecified atom stereocenters. The Hall–Kier alpha value is -1.61. The Morgan fingerprint density at radius 3 is 2.33 bits per heavy atom. The van der Waals surface area contributed by atoms with Crippen LogP contribution in [0, 0.1) is 13.8 Å². The third-order valence-electron chi connectivity index (χ3n) is 3.30. The summed E-state index contributed by atoms with van der Waals surface area (Å²) < 4.78 is 1.83. The predicted octanol–water partition coefficient (Wildman–Crippen LogP) is 2.49. The maximum absolute atomic E-state index is 10.6. The van der Waals surface area contributed by atoms with Gasteiger partial charge in [-0.1, -0.05) is 29.8 Å². The summed E-state index contributed by atoms with van der Waals surface area (Å²) in [4.78, 5) is 0. The van der Waals surface area contributed by atoms with Crippen molar-refractivity contribution in [2.24, 2.45) is 7.05 Å². The predicted molar refractivity (Wildman–Crippen MR) is 72.4 cm³/mol. The Morgan fingerprint density at radius 2 is 1.83 bits per heavy atom. The Bertz CT molecular complexity index is 538. The van der Waals surface area contributed by atoms with Crippen LogP contribution in [0.4, 0.5) is 0 Å².